The highest BCUT2D eigenvalue weighted by molar-refractivity contribution is 7.15. The topological polar surface area (TPSA) is 70.2 Å². The number of carbonyl (C=O) groups is 1. The number of hydrogen-bond donors (Lipinski definition) is 1. The molecule has 28 heavy (non-hydrogen) atoms. The van der Waals surface area contributed by atoms with Crippen LogP contribution < -0.4 is 5.32 Å². The number of fused-ring (bicyclic) bond motifs is 1. The Kier molecular flexibility index (Phi) is 4.70. The van der Waals surface area contributed by atoms with E-state index < -0.39 is 11.7 Å². The van der Waals surface area contributed by atoms with E-state index in [1.807, 2.05) is 52.4 Å². The maximum absolute atomic E-state index is 13.0. The molecule has 0 saturated heterocycles. The lowest BCUT2D eigenvalue weighted by Crippen LogP contribution is -2.13. The average Bonchev–Trinajstić information content (AvgIpc) is 3.30. The number of hydrogen-bond acceptors (Lipinski definition) is 4. The SMILES string of the molecule is N#C/C(=C\c1c(-c2ccccc2)nc2sccn12)C(=O)Nc1ccc(F)cc1. The Balaban J connectivity index is 1.74. The maximum atomic E-state index is 13.0. The number of thiazole rings is 1. The summed E-state index contributed by atoms with van der Waals surface area (Å²) in [4.78, 5) is 18.0. The number of imidazole rings is 1. The summed E-state index contributed by atoms with van der Waals surface area (Å²) in [6.07, 6.45) is 3.37. The Labute approximate surface area is 164 Å². The van der Waals surface area contributed by atoms with Gasteiger partial charge in [-0.05, 0) is 30.3 Å². The van der Waals surface area contributed by atoms with E-state index in [0.717, 1.165) is 10.5 Å². The average molecular weight is 388 g/mol. The molecule has 2 aromatic heterocycles. The molecule has 2 heterocycles. The lowest BCUT2D eigenvalue weighted by Gasteiger charge is -2.05. The fourth-order valence-corrected chi connectivity index (χ4v) is 3.49. The van der Waals surface area contributed by atoms with Gasteiger partial charge in [0.15, 0.2) is 4.96 Å². The van der Waals surface area contributed by atoms with Crippen LogP contribution in [0.5, 0.6) is 0 Å². The summed E-state index contributed by atoms with van der Waals surface area (Å²) < 4.78 is 14.9. The quantitative estimate of drug-likeness (QED) is 0.405. The normalized spacial score (nSPS) is 11.4. The van der Waals surface area contributed by atoms with Gasteiger partial charge >= 0.3 is 0 Å². The number of nitrogens with zero attached hydrogens (tertiary/aromatic N) is 3. The minimum atomic E-state index is -0.571. The Hall–Kier alpha value is -3.76. The lowest BCUT2D eigenvalue weighted by atomic mass is 10.1. The van der Waals surface area contributed by atoms with E-state index in [0.29, 0.717) is 17.1 Å². The van der Waals surface area contributed by atoms with Gasteiger partial charge in [-0.25, -0.2) is 9.37 Å². The summed E-state index contributed by atoms with van der Waals surface area (Å²) in [5.74, 6) is -0.973. The van der Waals surface area contributed by atoms with Gasteiger partial charge in [-0.3, -0.25) is 9.20 Å². The van der Waals surface area contributed by atoms with Crippen molar-refractivity contribution in [3.63, 3.8) is 0 Å². The van der Waals surface area contributed by atoms with Crippen LogP contribution in [0.4, 0.5) is 10.1 Å². The van der Waals surface area contributed by atoms with E-state index in [9.17, 15) is 14.4 Å². The molecule has 0 bridgehead atoms. The number of aromatic nitrogens is 2. The van der Waals surface area contributed by atoms with Gasteiger partial charge in [-0.2, -0.15) is 5.26 Å². The Morgan fingerprint density at radius 3 is 2.64 bits per heavy atom. The van der Waals surface area contributed by atoms with Gasteiger partial charge in [0.25, 0.3) is 5.91 Å². The number of benzene rings is 2. The van der Waals surface area contributed by atoms with Gasteiger partial charge < -0.3 is 5.32 Å². The number of nitrogens with one attached hydrogen (secondary N) is 1. The number of amides is 1. The minimum Gasteiger partial charge on any atom is -0.321 e. The van der Waals surface area contributed by atoms with Crippen molar-refractivity contribution < 1.29 is 9.18 Å². The van der Waals surface area contributed by atoms with Crippen molar-refractivity contribution in [2.24, 2.45) is 0 Å². The molecular formula is C21H13FN4OS. The van der Waals surface area contributed by atoms with Gasteiger partial charge in [-0.1, -0.05) is 30.3 Å². The summed E-state index contributed by atoms with van der Waals surface area (Å²) in [6, 6.07) is 16.9. The Morgan fingerprint density at radius 1 is 1.18 bits per heavy atom. The van der Waals surface area contributed by atoms with Gasteiger partial charge in [0, 0.05) is 22.8 Å². The molecule has 0 unspecified atom stereocenters. The van der Waals surface area contributed by atoms with E-state index in [1.165, 1.54) is 41.7 Å². The maximum Gasteiger partial charge on any atom is 0.266 e. The van der Waals surface area contributed by atoms with Crippen molar-refractivity contribution in [1.82, 2.24) is 9.38 Å². The van der Waals surface area contributed by atoms with Crippen LogP contribution in [0, 0.1) is 17.1 Å². The standard InChI is InChI=1S/C21H13FN4OS/c22-16-6-8-17(9-7-16)24-20(27)15(13-23)12-18-19(14-4-2-1-3-5-14)25-21-26(18)10-11-28-21/h1-12H,(H,24,27)/b15-12+. The fraction of sp³-hybridized carbons (Fsp3) is 0. The van der Waals surface area contributed by atoms with Gasteiger partial charge in [0.2, 0.25) is 0 Å². The first kappa shape index (κ1) is 17.6. The van der Waals surface area contributed by atoms with Crippen molar-refractivity contribution in [1.29, 1.82) is 5.26 Å². The summed E-state index contributed by atoms with van der Waals surface area (Å²) in [5.41, 5.74) is 2.56. The monoisotopic (exact) mass is 388 g/mol. The molecule has 136 valence electrons. The first-order chi connectivity index (χ1) is 13.7. The molecule has 0 fully saturated rings. The Morgan fingerprint density at radius 2 is 1.93 bits per heavy atom. The molecule has 5 nitrogen and oxygen atoms in total. The number of rotatable bonds is 4. The Bertz CT molecular complexity index is 1220. The zero-order chi connectivity index (χ0) is 19.5. The second kappa shape index (κ2) is 7.47. The van der Waals surface area contributed by atoms with E-state index >= 15 is 0 Å². The smallest absolute Gasteiger partial charge is 0.266 e. The van der Waals surface area contributed by atoms with E-state index in [2.05, 4.69) is 10.3 Å². The molecule has 0 aliphatic rings. The number of anilines is 1. The van der Waals surface area contributed by atoms with Crippen LogP contribution in [-0.2, 0) is 4.79 Å². The molecule has 4 aromatic rings. The molecule has 2 aromatic carbocycles. The third kappa shape index (κ3) is 3.41. The largest absolute Gasteiger partial charge is 0.321 e. The molecule has 0 radical (unpaired) electrons. The molecule has 1 N–H and O–H groups in total. The zero-order valence-corrected chi connectivity index (χ0v) is 15.3. The zero-order valence-electron chi connectivity index (χ0n) is 14.5. The van der Waals surface area contributed by atoms with Gasteiger partial charge in [0.1, 0.15) is 17.5 Å². The molecular weight excluding hydrogens is 375 g/mol. The predicted molar refractivity (Wildman–Crippen MR) is 107 cm³/mol. The third-order valence-corrected chi connectivity index (χ3v) is 4.85. The summed E-state index contributed by atoms with van der Waals surface area (Å²) in [6.45, 7) is 0. The molecule has 0 aliphatic carbocycles. The lowest BCUT2D eigenvalue weighted by molar-refractivity contribution is -0.112. The molecule has 7 heteroatoms. The van der Waals surface area contributed by atoms with Gasteiger partial charge in [0.05, 0.1) is 11.4 Å². The predicted octanol–water partition coefficient (Wildman–Crippen LogP) is 4.75. The third-order valence-electron chi connectivity index (χ3n) is 4.09. The van der Waals surface area contributed by atoms with Crippen LogP contribution >= 0.6 is 11.3 Å². The summed E-state index contributed by atoms with van der Waals surface area (Å²) in [5, 5.41) is 14.0. The van der Waals surface area contributed by atoms with Crippen molar-refractivity contribution in [2.45, 2.75) is 0 Å². The number of nitriles is 1. The van der Waals surface area contributed by atoms with Crippen LogP contribution in [0.2, 0.25) is 0 Å². The van der Waals surface area contributed by atoms with Crippen molar-refractivity contribution in [3.05, 3.63) is 83.3 Å². The van der Waals surface area contributed by atoms with Crippen molar-refractivity contribution in [3.8, 4) is 17.3 Å². The second-order valence-electron chi connectivity index (χ2n) is 5.90. The number of carbonyl (C=O) groups excluding carboxylic acids is 1. The molecule has 1 amide bonds. The highest BCUT2D eigenvalue weighted by Crippen LogP contribution is 2.28. The molecule has 0 aliphatic heterocycles. The first-order valence-electron chi connectivity index (χ1n) is 8.35. The van der Waals surface area contributed by atoms with E-state index in [-0.39, 0.29) is 5.57 Å². The van der Waals surface area contributed by atoms with Crippen LogP contribution in [0.15, 0.2) is 71.7 Å². The van der Waals surface area contributed by atoms with Crippen LogP contribution in [0.25, 0.3) is 22.3 Å². The van der Waals surface area contributed by atoms with E-state index in [4.69, 9.17) is 0 Å². The van der Waals surface area contributed by atoms with E-state index in [1.54, 1.807) is 0 Å². The van der Waals surface area contributed by atoms with Crippen molar-refractivity contribution >= 4 is 34.0 Å². The van der Waals surface area contributed by atoms with Crippen LogP contribution in [-0.4, -0.2) is 15.3 Å². The summed E-state index contributed by atoms with van der Waals surface area (Å²) >= 11 is 1.47. The first-order valence-corrected chi connectivity index (χ1v) is 9.23. The molecule has 0 spiro atoms. The molecule has 0 atom stereocenters. The highest BCUT2D eigenvalue weighted by Gasteiger charge is 2.17. The number of halogens is 1. The summed E-state index contributed by atoms with van der Waals surface area (Å²) in [7, 11) is 0. The molecule has 4 rings (SSSR count). The van der Waals surface area contributed by atoms with Crippen LogP contribution in [0.1, 0.15) is 5.69 Å². The minimum absolute atomic E-state index is 0.0745. The fourth-order valence-electron chi connectivity index (χ4n) is 2.77. The second-order valence-corrected chi connectivity index (χ2v) is 6.77. The van der Waals surface area contributed by atoms with Crippen molar-refractivity contribution in [2.75, 3.05) is 5.32 Å². The van der Waals surface area contributed by atoms with Gasteiger partial charge in [-0.15, -0.1) is 11.3 Å². The highest BCUT2D eigenvalue weighted by atomic mass is 32.1. The molecule has 0 saturated carbocycles. The van der Waals surface area contributed by atoms with Crippen LogP contribution in [0.3, 0.4) is 0 Å².